The minimum Gasteiger partial charge on any atom is -0.872 e. The second-order valence-corrected chi connectivity index (χ2v) is 11.9. The fraction of sp³-hybridized carbons (Fsp3) is 0. The van der Waals surface area contributed by atoms with Crippen LogP contribution in [0.1, 0.15) is 11.1 Å². The van der Waals surface area contributed by atoms with Gasteiger partial charge in [-0.1, -0.05) is 109 Å². The molecule has 6 rings (SSSR count). The monoisotopic (exact) mass is 673 g/mol. The summed E-state index contributed by atoms with van der Waals surface area (Å²) in [7, 11) is -0.877. The Morgan fingerprint density at radius 2 is 1.05 bits per heavy atom. The van der Waals surface area contributed by atoms with Gasteiger partial charge in [0.2, 0.25) is 0 Å². The number of nitrogens with zero attached hydrogens (tertiary/aromatic N) is 2. The van der Waals surface area contributed by atoms with Crippen LogP contribution in [-0.2, 0) is 20.4 Å². The Labute approximate surface area is 265 Å². The molecule has 214 valence electrons. The Hall–Kier alpha value is -4.59. The van der Waals surface area contributed by atoms with Crippen molar-refractivity contribution in [1.82, 2.24) is 0 Å². The Morgan fingerprint density at radius 1 is 0.605 bits per heavy atom. The molecule has 0 bridgehead atoms. The third kappa shape index (κ3) is 8.25. The largest absolute Gasteiger partial charge is 2.00 e. The van der Waals surface area contributed by atoms with Crippen LogP contribution in [0, 0.1) is 0 Å². The maximum Gasteiger partial charge on any atom is 2.00 e. The molecule has 0 radical (unpaired) electrons. The summed E-state index contributed by atoms with van der Waals surface area (Å²) in [4.78, 5) is 0. The summed E-state index contributed by atoms with van der Waals surface area (Å²) in [6.45, 7) is 0. The van der Waals surface area contributed by atoms with Crippen molar-refractivity contribution in [3.8, 4) is 11.5 Å². The van der Waals surface area contributed by atoms with Crippen molar-refractivity contribution in [3.05, 3.63) is 163 Å². The van der Waals surface area contributed by atoms with Crippen LogP contribution >= 0.6 is 7.92 Å². The SMILES string of the molecule is [O-]/C(=N\N=C\c1ccccc1[O-])c1cc2ccccc2cc1O.[Pd+2].c1ccc([PH+](c2ccccc2)c2ccccc2)cc1. The summed E-state index contributed by atoms with van der Waals surface area (Å²) >= 11 is 0. The fourth-order valence-corrected chi connectivity index (χ4v) is 7.08. The van der Waals surface area contributed by atoms with Crippen molar-refractivity contribution in [2.24, 2.45) is 10.2 Å². The van der Waals surface area contributed by atoms with E-state index in [4.69, 9.17) is 0 Å². The number of aromatic hydroxyl groups is 1. The molecule has 0 heterocycles. The average molecular weight is 674 g/mol. The molecule has 1 N–H and O–H groups in total. The summed E-state index contributed by atoms with van der Waals surface area (Å²) in [5.74, 6) is -1.03. The quantitative estimate of drug-likeness (QED) is 0.0894. The summed E-state index contributed by atoms with van der Waals surface area (Å²) in [5.41, 5.74) is 0.406. The molecule has 0 fully saturated rings. The second-order valence-electron chi connectivity index (χ2n) is 9.38. The molecule has 0 aliphatic heterocycles. The first-order chi connectivity index (χ1) is 20.6. The maximum absolute atomic E-state index is 12.1. The van der Waals surface area contributed by atoms with Gasteiger partial charge in [0.1, 0.15) is 21.7 Å². The van der Waals surface area contributed by atoms with E-state index in [2.05, 4.69) is 101 Å². The Kier molecular flexibility index (Phi) is 11.4. The minimum absolute atomic E-state index is 0. The van der Waals surface area contributed by atoms with E-state index in [1.165, 1.54) is 34.3 Å². The van der Waals surface area contributed by atoms with Gasteiger partial charge in [-0.3, -0.25) is 0 Å². The van der Waals surface area contributed by atoms with Gasteiger partial charge in [0, 0.05) is 11.5 Å². The van der Waals surface area contributed by atoms with Crippen LogP contribution in [-0.4, -0.2) is 17.2 Å². The van der Waals surface area contributed by atoms with E-state index in [-0.39, 0.29) is 37.5 Å². The van der Waals surface area contributed by atoms with Gasteiger partial charge in [-0.25, -0.2) is 0 Å². The average Bonchev–Trinajstić information content (AvgIpc) is 3.04. The van der Waals surface area contributed by atoms with Gasteiger partial charge in [0.25, 0.3) is 0 Å². The third-order valence-corrected chi connectivity index (χ3v) is 9.28. The van der Waals surface area contributed by atoms with Crippen molar-refractivity contribution >= 4 is 46.7 Å². The Balaban J connectivity index is 0.000000195. The minimum atomic E-state index is -0.877. The van der Waals surface area contributed by atoms with Crippen molar-refractivity contribution in [2.45, 2.75) is 0 Å². The predicted octanol–water partition coefficient (Wildman–Crippen LogP) is 4.93. The number of hydrogen-bond donors (Lipinski definition) is 1. The summed E-state index contributed by atoms with van der Waals surface area (Å²) in [5, 5.41) is 46.6. The first-order valence-corrected chi connectivity index (χ1v) is 14.9. The molecule has 7 heteroatoms. The fourth-order valence-electron chi connectivity index (χ4n) is 4.50. The van der Waals surface area contributed by atoms with Gasteiger partial charge < -0.3 is 15.3 Å². The van der Waals surface area contributed by atoms with Gasteiger partial charge in [-0.15, -0.1) is 0 Å². The standard InChI is InChI=1S/C18H14N2O3.C18H15P.Pd/c21-16-8-4-3-7-14(16)11-19-20-18(23)15-9-12-5-1-2-6-13(12)10-17(15)22;1-4-10-16(11-5-1)19(17-12-6-2-7-13-17)18-14-8-3-9-15-18;/h1-11,21-22H,(H,20,23);1-15H;/q;;+2/p-1/b19-11+;;. The van der Waals surface area contributed by atoms with Crippen molar-refractivity contribution in [2.75, 3.05) is 0 Å². The molecule has 6 aromatic rings. The number of phenolic OH excluding ortho intramolecular Hbond substituents is 1. The first-order valence-electron chi connectivity index (χ1n) is 13.4. The predicted molar refractivity (Wildman–Crippen MR) is 172 cm³/mol. The molecule has 6 aromatic carbocycles. The molecule has 0 aromatic heterocycles. The number of phenols is 1. The Morgan fingerprint density at radius 3 is 1.56 bits per heavy atom. The molecule has 0 saturated carbocycles. The second kappa shape index (κ2) is 15.6. The van der Waals surface area contributed by atoms with Crippen molar-refractivity contribution in [1.29, 1.82) is 0 Å². The van der Waals surface area contributed by atoms with E-state index in [0.717, 1.165) is 10.8 Å². The molecule has 0 unspecified atom stereocenters. The van der Waals surface area contributed by atoms with Gasteiger partial charge >= 0.3 is 20.4 Å². The normalized spacial score (nSPS) is 11.1. The van der Waals surface area contributed by atoms with Gasteiger partial charge in [-0.2, -0.15) is 10.2 Å². The topological polar surface area (TPSA) is 91.1 Å². The van der Waals surface area contributed by atoms with E-state index in [0.29, 0.717) is 5.56 Å². The number of hydrogen-bond acceptors (Lipinski definition) is 5. The van der Waals surface area contributed by atoms with E-state index in [1.54, 1.807) is 24.3 Å². The smallest absolute Gasteiger partial charge is 0.872 e. The Bertz CT molecular complexity index is 1720. The number of para-hydroxylation sites is 1. The molecule has 0 amide bonds. The van der Waals surface area contributed by atoms with Gasteiger partial charge in [0.05, 0.1) is 14.1 Å². The molecular weight excluding hydrogens is 646 g/mol. The van der Waals surface area contributed by atoms with Crippen LogP contribution in [0.25, 0.3) is 10.8 Å². The van der Waals surface area contributed by atoms with E-state index < -0.39 is 13.8 Å². The molecule has 0 spiro atoms. The van der Waals surface area contributed by atoms with Crippen molar-refractivity contribution < 1.29 is 35.7 Å². The van der Waals surface area contributed by atoms with E-state index >= 15 is 0 Å². The van der Waals surface area contributed by atoms with Crippen LogP contribution in [0.2, 0.25) is 0 Å². The zero-order chi connectivity index (χ0) is 29.1. The van der Waals surface area contributed by atoms with Crippen LogP contribution in [0.5, 0.6) is 11.5 Å². The summed E-state index contributed by atoms with van der Waals surface area (Å²) in [6.07, 6.45) is 1.22. The van der Waals surface area contributed by atoms with Gasteiger partial charge in [0.15, 0.2) is 0 Å². The van der Waals surface area contributed by atoms with Crippen LogP contribution in [0.3, 0.4) is 0 Å². The molecule has 0 saturated heterocycles. The van der Waals surface area contributed by atoms with E-state index in [9.17, 15) is 15.3 Å². The summed E-state index contributed by atoms with van der Waals surface area (Å²) < 4.78 is 0. The van der Waals surface area contributed by atoms with Crippen LogP contribution in [0.4, 0.5) is 0 Å². The third-order valence-electron chi connectivity index (χ3n) is 6.55. The maximum atomic E-state index is 12.1. The van der Waals surface area contributed by atoms with Crippen LogP contribution < -0.4 is 26.1 Å². The number of rotatable bonds is 6. The molecular formula is C36H28N2O3PPd+. The molecule has 0 aliphatic carbocycles. The zero-order valence-electron chi connectivity index (χ0n) is 23.0. The molecule has 0 aliphatic rings. The molecule has 5 nitrogen and oxygen atoms in total. The molecule has 43 heavy (non-hydrogen) atoms. The summed E-state index contributed by atoms with van der Waals surface area (Å²) in [6, 6.07) is 49.2. The first kappa shape index (κ1) is 31.4. The zero-order valence-corrected chi connectivity index (χ0v) is 25.5. The van der Waals surface area contributed by atoms with Crippen LogP contribution in [0.15, 0.2) is 162 Å². The van der Waals surface area contributed by atoms with Gasteiger partial charge in [-0.05, 0) is 64.9 Å². The molecule has 0 atom stereocenters. The van der Waals surface area contributed by atoms with E-state index in [1.807, 2.05) is 24.3 Å². The number of fused-ring (bicyclic) bond motifs is 1. The van der Waals surface area contributed by atoms with Crippen molar-refractivity contribution in [3.63, 3.8) is 0 Å². The number of benzene rings is 6.